The van der Waals surface area contributed by atoms with Gasteiger partial charge < -0.3 is 5.32 Å². The molecule has 1 aromatic carbocycles. The molecule has 0 bridgehead atoms. The lowest BCUT2D eigenvalue weighted by atomic mass is 10.2. The van der Waals surface area contributed by atoms with Gasteiger partial charge in [-0.2, -0.15) is 5.10 Å². The number of carbonyl (C=O) groups is 1. The van der Waals surface area contributed by atoms with Crippen LogP contribution in [0, 0.1) is 5.92 Å². The number of pyridine rings is 1. The van der Waals surface area contributed by atoms with Gasteiger partial charge in [0.15, 0.2) is 0 Å². The molecule has 1 amide bonds. The predicted molar refractivity (Wildman–Crippen MR) is 88.1 cm³/mol. The summed E-state index contributed by atoms with van der Waals surface area (Å²) in [7, 11) is 0. The van der Waals surface area contributed by atoms with Crippen molar-refractivity contribution >= 4 is 11.7 Å². The largest absolute Gasteiger partial charge is 0.310 e. The van der Waals surface area contributed by atoms with Crippen molar-refractivity contribution in [1.82, 2.24) is 14.8 Å². The van der Waals surface area contributed by atoms with E-state index in [-0.39, 0.29) is 11.8 Å². The predicted octanol–water partition coefficient (Wildman–Crippen LogP) is 3.28. The molecule has 0 aliphatic heterocycles. The zero-order valence-electron chi connectivity index (χ0n) is 12.5. The summed E-state index contributed by atoms with van der Waals surface area (Å²) in [6, 6.07) is 15.5. The summed E-state index contributed by atoms with van der Waals surface area (Å²) in [6.45, 7) is 0. The Bertz CT molecular complexity index is 823. The van der Waals surface area contributed by atoms with Gasteiger partial charge in [0.1, 0.15) is 5.82 Å². The summed E-state index contributed by atoms with van der Waals surface area (Å²) in [5, 5.41) is 7.65. The molecule has 0 radical (unpaired) electrons. The monoisotopic (exact) mass is 304 g/mol. The maximum atomic E-state index is 12.1. The molecule has 114 valence electrons. The third kappa shape index (κ3) is 2.85. The van der Waals surface area contributed by atoms with Crippen molar-refractivity contribution < 1.29 is 4.79 Å². The fourth-order valence-corrected chi connectivity index (χ4v) is 2.47. The minimum Gasteiger partial charge on any atom is -0.310 e. The van der Waals surface area contributed by atoms with Gasteiger partial charge >= 0.3 is 0 Å². The first-order valence-electron chi connectivity index (χ1n) is 7.68. The summed E-state index contributed by atoms with van der Waals surface area (Å²) in [4.78, 5) is 16.3. The van der Waals surface area contributed by atoms with Crippen molar-refractivity contribution in [2.24, 2.45) is 5.92 Å². The Hall–Kier alpha value is -2.95. The van der Waals surface area contributed by atoms with Gasteiger partial charge in [-0.25, -0.2) is 4.68 Å². The topological polar surface area (TPSA) is 59.8 Å². The second kappa shape index (κ2) is 5.68. The molecule has 0 atom stereocenters. The highest BCUT2D eigenvalue weighted by Gasteiger charge is 2.30. The van der Waals surface area contributed by atoms with E-state index in [0.717, 1.165) is 29.8 Å². The lowest BCUT2D eigenvalue weighted by Crippen LogP contribution is -2.16. The third-order valence-electron chi connectivity index (χ3n) is 3.87. The Morgan fingerprint density at radius 2 is 1.96 bits per heavy atom. The van der Waals surface area contributed by atoms with Crippen LogP contribution in [0.2, 0.25) is 0 Å². The normalized spacial score (nSPS) is 13.7. The Morgan fingerprint density at radius 3 is 2.65 bits per heavy atom. The summed E-state index contributed by atoms with van der Waals surface area (Å²) >= 11 is 0. The van der Waals surface area contributed by atoms with E-state index in [0.29, 0.717) is 5.82 Å². The Morgan fingerprint density at radius 1 is 1.13 bits per heavy atom. The molecule has 0 saturated heterocycles. The number of carbonyl (C=O) groups excluding carboxylic acids is 1. The summed E-state index contributed by atoms with van der Waals surface area (Å²) < 4.78 is 1.77. The average molecular weight is 304 g/mol. The number of rotatable bonds is 4. The first kappa shape index (κ1) is 13.7. The Labute approximate surface area is 134 Å². The molecular formula is C18H16N4O. The number of benzene rings is 1. The van der Waals surface area contributed by atoms with Crippen molar-refractivity contribution in [3.05, 3.63) is 60.9 Å². The van der Waals surface area contributed by atoms with Crippen molar-refractivity contribution in [2.75, 3.05) is 5.32 Å². The van der Waals surface area contributed by atoms with Crippen LogP contribution >= 0.6 is 0 Å². The highest BCUT2D eigenvalue weighted by Crippen LogP contribution is 2.31. The molecule has 2 heterocycles. The van der Waals surface area contributed by atoms with Crippen molar-refractivity contribution in [3.63, 3.8) is 0 Å². The van der Waals surface area contributed by atoms with E-state index in [9.17, 15) is 4.79 Å². The molecule has 23 heavy (non-hydrogen) atoms. The van der Waals surface area contributed by atoms with Crippen molar-refractivity contribution in [3.8, 4) is 16.9 Å². The molecule has 1 N–H and O–H groups in total. The molecule has 4 rings (SSSR count). The van der Waals surface area contributed by atoms with Crippen molar-refractivity contribution in [2.45, 2.75) is 12.8 Å². The number of para-hydroxylation sites is 1. The van der Waals surface area contributed by atoms with E-state index in [1.165, 1.54) is 0 Å². The zero-order valence-corrected chi connectivity index (χ0v) is 12.5. The van der Waals surface area contributed by atoms with Gasteiger partial charge in [-0.15, -0.1) is 0 Å². The van der Waals surface area contributed by atoms with Crippen molar-refractivity contribution in [1.29, 1.82) is 0 Å². The van der Waals surface area contributed by atoms with E-state index in [4.69, 9.17) is 0 Å². The zero-order chi connectivity index (χ0) is 15.6. The van der Waals surface area contributed by atoms with Crippen LogP contribution in [0.1, 0.15) is 12.8 Å². The van der Waals surface area contributed by atoms with Crippen LogP contribution in [0.15, 0.2) is 60.9 Å². The minimum atomic E-state index is 0.0693. The van der Waals surface area contributed by atoms with Gasteiger partial charge in [0.2, 0.25) is 5.91 Å². The average Bonchev–Trinajstić information content (AvgIpc) is 3.38. The number of nitrogens with one attached hydrogen (secondary N) is 1. The molecule has 5 nitrogen and oxygen atoms in total. The number of hydrogen-bond donors (Lipinski definition) is 1. The van der Waals surface area contributed by atoms with Gasteiger partial charge in [0.05, 0.1) is 11.4 Å². The van der Waals surface area contributed by atoms with Gasteiger partial charge in [0, 0.05) is 29.9 Å². The van der Waals surface area contributed by atoms with Crippen LogP contribution in [0.4, 0.5) is 5.82 Å². The molecule has 3 aromatic rings. The number of aromatic nitrogens is 3. The third-order valence-corrected chi connectivity index (χ3v) is 3.87. The first-order valence-corrected chi connectivity index (χ1v) is 7.68. The van der Waals surface area contributed by atoms with Crippen LogP contribution in [-0.4, -0.2) is 20.7 Å². The quantitative estimate of drug-likeness (QED) is 0.804. The van der Waals surface area contributed by atoms with E-state index in [1.807, 2.05) is 48.5 Å². The SMILES string of the molecule is O=C(Nc1cc(-c2cccnc2)nn1-c1ccccc1)C1CC1. The molecule has 1 saturated carbocycles. The number of hydrogen-bond acceptors (Lipinski definition) is 3. The summed E-state index contributed by atoms with van der Waals surface area (Å²) in [5.74, 6) is 0.905. The number of nitrogens with zero attached hydrogens (tertiary/aromatic N) is 3. The maximum absolute atomic E-state index is 12.1. The molecule has 2 aromatic heterocycles. The molecule has 5 heteroatoms. The van der Waals surface area contributed by atoms with Crippen LogP contribution in [0.25, 0.3) is 16.9 Å². The number of amides is 1. The van der Waals surface area contributed by atoms with Crippen LogP contribution in [-0.2, 0) is 4.79 Å². The number of anilines is 1. The lowest BCUT2D eigenvalue weighted by Gasteiger charge is -2.08. The lowest BCUT2D eigenvalue weighted by molar-refractivity contribution is -0.117. The summed E-state index contributed by atoms with van der Waals surface area (Å²) in [5.41, 5.74) is 2.62. The van der Waals surface area contributed by atoms with Gasteiger partial charge in [-0.1, -0.05) is 18.2 Å². The van der Waals surface area contributed by atoms with Crippen LogP contribution in [0.3, 0.4) is 0 Å². The summed E-state index contributed by atoms with van der Waals surface area (Å²) in [6.07, 6.45) is 5.44. The highest BCUT2D eigenvalue weighted by molar-refractivity contribution is 5.94. The van der Waals surface area contributed by atoms with E-state index < -0.39 is 0 Å². The molecule has 1 fully saturated rings. The molecule has 1 aliphatic carbocycles. The second-order valence-electron chi connectivity index (χ2n) is 5.67. The highest BCUT2D eigenvalue weighted by atomic mass is 16.2. The maximum Gasteiger partial charge on any atom is 0.228 e. The minimum absolute atomic E-state index is 0.0693. The van der Waals surface area contributed by atoms with Crippen LogP contribution in [0.5, 0.6) is 0 Å². The molecular weight excluding hydrogens is 288 g/mol. The van der Waals surface area contributed by atoms with E-state index in [2.05, 4.69) is 15.4 Å². The fourth-order valence-electron chi connectivity index (χ4n) is 2.47. The van der Waals surface area contributed by atoms with Gasteiger partial charge in [0.25, 0.3) is 0 Å². The van der Waals surface area contributed by atoms with Gasteiger partial charge in [-0.3, -0.25) is 9.78 Å². The van der Waals surface area contributed by atoms with E-state index in [1.54, 1.807) is 17.1 Å². The van der Waals surface area contributed by atoms with E-state index >= 15 is 0 Å². The Balaban J connectivity index is 1.75. The fraction of sp³-hybridized carbons (Fsp3) is 0.167. The second-order valence-corrected chi connectivity index (χ2v) is 5.67. The first-order chi connectivity index (χ1) is 11.3. The molecule has 1 aliphatic rings. The standard InChI is InChI=1S/C18H16N4O/c23-18(13-8-9-13)20-17-11-16(14-5-4-10-19-12-14)21-22(17)15-6-2-1-3-7-15/h1-7,10-13H,8-9H2,(H,20,23). The smallest absolute Gasteiger partial charge is 0.228 e. The van der Waals surface area contributed by atoms with Gasteiger partial charge in [-0.05, 0) is 37.1 Å². The van der Waals surface area contributed by atoms with Crippen LogP contribution < -0.4 is 5.32 Å². The molecule has 0 unspecified atom stereocenters. The Kier molecular flexibility index (Phi) is 3.38. The molecule has 0 spiro atoms.